The molecule has 0 aliphatic heterocycles. The van der Waals surface area contributed by atoms with Gasteiger partial charge in [-0.05, 0) is 60.4 Å². The molecule has 0 saturated carbocycles. The van der Waals surface area contributed by atoms with Crippen LogP contribution in [0.5, 0.6) is 0 Å². The van der Waals surface area contributed by atoms with Gasteiger partial charge in [0.15, 0.2) is 0 Å². The molecule has 0 spiro atoms. The van der Waals surface area contributed by atoms with E-state index in [1.54, 1.807) is 12.1 Å². The Balaban J connectivity index is 1.83. The highest BCUT2D eigenvalue weighted by Gasteiger charge is 2.21. The average molecular weight is 386 g/mol. The number of nitrogens with two attached hydrogens (primary N) is 1. The molecule has 148 valence electrons. The SMILES string of the molecule is Cc1ccc([C@H](Nc2ccc(C(=N)N)cc2)C(=O)NCc2ccccc2)cc1C. The standard InChI is InChI=1S/C24H26N4O/c1-16-8-9-20(14-17(16)2)22(24(29)27-15-18-6-4-3-5-7-18)28-21-12-10-19(11-13-21)23(25)26/h3-14,22,28H,15H2,1-2H3,(H3,25,26)(H,27,29)/t22-/m0/s1. The van der Waals surface area contributed by atoms with Gasteiger partial charge < -0.3 is 16.4 Å². The molecule has 5 nitrogen and oxygen atoms in total. The molecule has 0 unspecified atom stereocenters. The molecule has 1 amide bonds. The first-order valence-corrected chi connectivity index (χ1v) is 9.54. The minimum Gasteiger partial charge on any atom is -0.384 e. The Morgan fingerprint density at radius 1 is 0.966 bits per heavy atom. The van der Waals surface area contributed by atoms with Crippen LogP contribution in [-0.2, 0) is 11.3 Å². The van der Waals surface area contributed by atoms with E-state index in [4.69, 9.17) is 11.1 Å². The molecule has 0 radical (unpaired) electrons. The van der Waals surface area contributed by atoms with Crippen LogP contribution in [0.25, 0.3) is 0 Å². The van der Waals surface area contributed by atoms with Crippen LogP contribution < -0.4 is 16.4 Å². The molecule has 0 aromatic heterocycles. The third-order valence-corrected chi connectivity index (χ3v) is 4.94. The molecule has 0 fully saturated rings. The minimum atomic E-state index is -0.541. The number of nitrogens with one attached hydrogen (secondary N) is 3. The molecular formula is C24H26N4O. The lowest BCUT2D eigenvalue weighted by Crippen LogP contribution is -2.33. The number of amides is 1. The van der Waals surface area contributed by atoms with Gasteiger partial charge in [0.25, 0.3) is 0 Å². The lowest BCUT2D eigenvalue weighted by atomic mass is 10.00. The molecule has 0 aliphatic rings. The summed E-state index contributed by atoms with van der Waals surface area (Å²) in [6, 6.07) is 22.5. The zero-order valence-electron chi connectivity index (χ0n) is 16.7. The minimum absolute atomic E-state index is 0.0165. The van der Waals surface area contributed by atoms with Gasteiger partial charge in [-0.25, -0.2) is 0 Å². The molecule has 5 N–H and O–H groups in total. The Hall–Kier alpha value is -3.60. The Morgan fingerprint density at radius 3 is 2.28 bits per heavy atom. The van der Waals surface area contributed by atoms with Gasteiger partial charge in [0.2, 0.25) is 5.91 Å². The predicted molar refractivity (Wildman–Crippen MR) is 118 cm³/mol. The summed E-state index contributed by atoms with van der Waals surface area (Å²) in [4.78, 5) is 13.1. The Bertz CT molecular complexity index is 997. The van der Waals surface area contributed by atoms with E-state index in [2.05, 4.69) is 17.6 Å². The zero-order chi connectivity index (χ0) is 20.8. The number of benzene rings is 3. The number of carbonyl (C=O) groups excluding carboxylic acids is 1. The highest BCUT2D eigenvalue weighted by atomic mass is 16.2. The van der Waals surface area contributed by atoms with E-state index in [9.17, 15) is 4.79 Å². The quantitative estimate of drug-likeness (QED) is 0.365. The van der Waals surface area contributed by atoms with Crippen LogP contribution >= 0.6 is 0 Å². The van der Waals surface area contributed by atoms with E-state index in [1.807, 2.05) is 67.6 Å². The summed E-state index contributed by atoms with van der Waals surface area (Å²) in [5.74, 6) is -0.0874. The van der Waals surface area contributed by atoms with Gasteiger partial charge in [0.05, 0.1) is 0 Å². The topological polar surface area (TPSA) is 91.0 Å². The van der Waals surface area contributed by atoms with Crippen molar-refractivity contribution in [3.05, 3.63) is 101 Å². The molecule has 0 saturated heterocycles. The van der Waals surface area contributed by atoms with Crippen molar-refractivity contribution in [3.63, 3.8) is 0 Å². The Kier molecular flexibility index (Phi) is 6.29. The Morgan fingerprint density at radius 2 is 1.66 bits per heavy atom. The van der Waals surface area contributed by atoms with Gasteiger partial charge in [0, 0.05) is 17.8 Å². The summed E-state index contributed by atoms with van der Waals surface area (Å²) in [6.07, 6.45) is 0. The summed E-state index contributed by atoms with van der Waals surface area (Å²) < 4.78 is 0. The second kappa shape index (κ2) is 9.06. The molecule has 1 atom stereocenters. The first kappa shape index (κ1) is 20.1. The predicted octanol–water partition coefficient (Wildman–Crippen LogP) is 4.06. The maximum absolute atomic E-state index is 13.1. The molecule has 29 heavy (non-hydrogen) atoms. The van der Waals surface area contributed by atoms with Crippen molar-refractivity contribution in [1.82, 2.24) is 5.32 Å². The number of rotatable bonds is 7. The highest BCUT2D eigenvalue weighted by Crippen LogP contribution is 2.23. The molecule has 3 aromatic carbocycles. The molecule has 5 heteroatoms. The third kappa shape index (κ3) is 5.23. The van der Waals surface area contributed by atoms with Crippen LogP contribution in [-0.4, -0.2) is 11.7 Å². The van der Waals surface area contributed by atoms with Gasteiger partial charge in [0.1, 0.15) is 11.9 Å². The average Bonchev–Trinajstić information content (AvgIpc) is 2.73. The van der Waals surface area contributed by atoms with Crippen LogP contribution in [0.2, 0.25) is 0 Å². The maximum atomic E-state index is 13.1. The van der Waals surface area contributed by atoms with Crippen molar-refractivity contribution < 1.29 is 4.79 Å². The van der Waals surface area contributed by atoms with Crippen molar-refractivity contribution in [1.29, 1.82) is 5.41 Å². The van der Waals surface area contributed by atoms with Crippen LogP contribution in [0.3, 0.4) is 0 Å². The fourth-order valence-corrected chi connectivity index (χ4v) is 3.04. The number of anilines is 1. The number of hydrogen-bond donors (Lipinski definition) is 4. The largest absolute Gasteiger partial charge is 0.384 e. The second-order valence-corrected chi connectivity index (χ2v) is 7.12. The highest BCUT2D eigenvalue weighted by molar-refractivity contribution is 5.95. The van der Waals surface area contributed by atoms with Crippen LogP contribution in [0.1, 0.15) is 33.9 Å². The van der Waals surface area contributed by atoms with Gasteiger partial charge in [-0.15, -0.1) is 0 Å². The molecule has 0 bridgehead atoms. The van der Waals surface area contributed by atoms with Gasteiger partial charge in [-0.1, -0.05) is 48.5 Å². The van der Waals surface area contributed by atoms with Crippen molar-refractivity contribution in [2.45, 2.75) is 26.4 Å². The monoisotopic (exact) mass is 386 g/mol. The van der Waals surface area contributed by atoms with E-state index in [0.717, 1.165) is 22.4 Å². The number of aryl methyl sites for hydroxylation is 2. The number of nitrogen functional groups attached to an aromatic ring is 1. The first-order valence-electron chi connectivity index (χ1n) is 9.54. The van der Waals surface area contributed by atoms with E-state index in [0.29, 0.717) is 12.1 Å². The zero-order valence-corrected chi connectivity index (χ0v) is 16.7. The summed E-state index contributed by atoms with van der Waals surface area (Å²) in [5.41, 5.74) is 11.2. The summed E-state index contributed by atoms with van der Waals surface area (Å²) in [6.45, 7) is 4.56. The van der Waals surface area contributed by atoms with Crippen molar-refractivity contribution in [2.24, 2.45) is 5.73 Å². The number of carbonyl (C=O) groups is 1. The second-order valence-electron chi connectivity index (χ2n) is 7.12. The van der Waals surface area contributed by atoms with Crippen molar-refractivity contribution in [2.75, 3.05) is 5.32 Å². The molecule has 3 aromatic rings. The lowest BCUT2D eigenvalue weighted by Gasteiger charge is -2.21. The van der Waals surface area contributed by atoms with Crippen LogP contribution in [0.4, 0.5) is 5.69 Å². The first-order chi connectivity index (χ1) is 13.9. The summed E-state index contributed by atoms with van der Waals surface area (Å²) >= 11 is 0. The molecule has 0 aliphatic carbocycles. The molecule has 0 heterocycles. The number of amidine groups is 1. The smallest absolute Gasteiger partial charge is 0.247 e. The van der Waals surface area contributed by atoms with E-state index in [-0.39, 0.29) is 11.7 Å². The molecular weight excluding hydrogens is 360 g/mol. The fraction of sp³-hybridized carbons (Fsp3) is 0.167. The molecule has 3 rings (SSSR count). The lowest BCUT2D eigenvalue weighted by molar-refractivity contribution is -0.122. The fourth-order valence-electron chi connectivity index (χ4n) is 3.04. The van der Waals surface area contributed by atoms with E-state index >= 15 is 0 Å². The normalized spacial score (nSPS) is 11.5. The van der Waals surface area contributed by atoms with E-state index in [1.165, 1.54) is 5.56 Å². The van der Waals surface area contributed by atoms with Crippen LogP contribution in [0.15, 0.2) is 72.8 Å². The van der Waals surface area contributed by atoms with Gasteiger partial charge in [-0.2, -0.15) is 0 Å². The number of hydrogen-bond acceptors (Lipinski definition) is 3. The Labute approximate surface area is 171 Å². The van der Waals surface area contributed by atoms with Gasteiger partial charge >= 0.3 is 0 Å². The maximum Gasteiger partial charge on any atom is 0.247 e. The van der Waals surface area contributed by atoms with Gasteiger partial charge in [-0.3, -0.25) is 10.2 Å². The van der Waals surface area contributed by atoms with E-state index < -0.39 is 6.04 Å². The van der Waals surface area contributed by atoms with Crippen LogP contribution in [0, 0.1) is 19.3 Å². The van der Waals surface area contributed by atoms with Crippen molar-refractivity contribution in [3.8, 4) is 0 Å². The summed E-state index contributed by atoms with van der Waals surface area (Å²) in [5, 5.41) is 13.9. The third-order valence-electron chi connectivity index (χ3n) is 4.94. The van der Waals surface area contributed by atoms with Crippen molar-refractivity contribution >= 4 is 17.4 Å². The summed E-state index contributed by atoms with van der Waals surface area (Å²) in [7, 11) is 0.